The average molecular weight is 639 g/mol. The molecule has 3 rings (SSSR count). The number of allylic oxidation sites excluding steroid dienone is 1. The maximum Gasteiger partial charge on any atom is 0.517 e. The van der Waals surface area contributed by atoms with Gasteiger partial charge in [0.15, 0.2) is 0 Å². The fourth-order valence-corrected chi connectivity index (χ4v) is 5.12. The van der Waals surface area contributed by atoms with Gasteiger partial charge < -0.3 is 14.2 Å². The van der Waals surface area contributed by atoms with Crippen LogP contribution in [0.1, 0.15) is 94.3 Å². The number of rotatable bonds is 19. The van der Waals surface area contributed by atoms with E-state index in [1.165, 1.54) is 12.1 Å². The van der Waals surface area contributed by atoms with Gasteiger partial charge in [-0.25, -0.2) is 9.59 Å². The highest BCUT2D eigenvalue weighted by molar-refractivity contribution is 5.96. The van der Waals surface area contributed by atoms with Crippen molar-refractivity contribution in [3.05, 3.63) is 91.0 Å². The van der Waals surface area contributed by atoms with Crippen LogP contribution in [0.2, 0.25) is 0 Å². The molecule has 1 atom stereocenters. The summed E-state index contributed by atoms with van der Waals surface area (Å²) in [6.45, 7) is 6.43. The summed E-state index contributed by atoms with van der Waals surface area (Å²) in [5.41, 5.74) is 3.62. The van der Waals surface area contributed by atoms with Crippen LogP contribution in [-0.4, -0.2) is 31.0 Å². The molecule has 248 valence electrons. The van der Waals surface area contributed by atoms with Crippen LogP contribution in [0, 0.1) is 0 Å². The zero-order valence-electron chi connectivity index (χ0n) is 26.7. The van der Waals surface area contributed by atoms with Crippen molar-refractivity contribution in [2.45, 2.75) is 96.3 Å². The Kier molecular flexibility index (Phi) is 15.4. The topological polar surface area (TPSA) is 61.8 Å². The Hall–Kier alpha value is -4.07. The second-order valence-electron chi connectivity index (χ2n) is 11.3. The summed E-state index contributed by atoms with van der Waals surface area (Å²) in [4.78, 5) is 24.8. The quantitative estimate of drug-likeness (QED) is 0.0566. The van der Waals surface area contributed by atoms with Crippen LogP contribution in [0.3, 0.4) is 0 Å². The first kappa shape index (κ1) is 36.4. The van der Waals surface area contributed by atoms with E-state index in [-0.39, 0.29) is 18.4 Å². The normalized spacial score (nSPS) is 11.9. The number of benzene rings is 3. The van der Waals surface area contributed by atoms with Crippen LogP contribution in [-0.2, 0) is 9.47 Å². The van der Waals surface area contributed by atoms with Gasteiger partial charge >= 0.3 is 18.3 Å². The van der Waals surface area contributed by atoms with E-state index in [9.17, 15) is 22.8 Å². The first-order valence-corrected chi connectivity index (χ1v) is 16.3. The molecule has 0 bridgehead atoms. The van der Waals surface area contributed by atoms with Crippen LogP contribution < -0.4 is 4.74 Å². The molecule has 3 aromatic carbocycles. The number of unbranched alkanes of at least 4 members (excludes halogenated alkanes) is 9. The monoisotopic (exact) mass is 638 g/mol. The molecular formula is C38H45F3O5. The summed E-state index contributed by atoms with van der Waals surface area (Å²) in [5.74, 6) is -0.338. The van der Waals surface area contributed by atoms with Crippen molar-refractivity contribution in [2.75, 3.05) is 6.61 Å². The third kappa shape index (κ3) is 12.4. The molecule has 0 amide bonds. The summed E-state index contributed by atoms with van der Waals surface area (Å²) in [5, 5.41) is 0. The van der Waals surface area contributed by atoms with Crippen LogP contribution >= 0.6 is 0 Å². The summed E-state index contributed by atoms with van der Waals surface area (Å²) in [7, 11) is 0. The van der Waals surface area contributed by atoms with Crippen molar-refractivity contribution in [1.29, 1.82) is 0 Å². The summed E-state index contributed by atoms with van der Waals surface area (Å²) >= 11 is 0. The third-order valence-corrected chi connectivity index (χ3v) is 7.68. The molecule has 0 N–H and O–H groups in total. The highest BCUT2D eigenvalue weighted by atomic mass is 19.4. The van der Waals surface area contributed by atoms with Gasteiger partial charge in [0, 0.05) is 0 Å². The molecule has 8 heteroatoms. The highest BCUT2D eigenvalue weighted by Gasteiger charge is 2.43. The van der Waals surface area contributed by atoms with E-state index >= 15 is 0 Å². The number of carbonyl (C=O) groups is 2. The van der Waals surface area contributed by atoms with E-state index in [4.69, 9.17) is 4.74 Å². The summed E-state index contributed by atoms with van der Waals surface area (Å²) < 4.78 is 55.6. The maximum atomic E-state index is 13.5. The van der Waals surface area contributed by atoms with Gasteiger partial charge in [0.1, 0.15) is 5.75 Å². The molecule has 3 aromatic rings. The predicted octanol–water partition coefficient (Wildman–Crippen LogP) is 11.5. The van der Waals surface area contributed by atoms with Crippen LogP contribution in [0.5, 0.6) is 5.75 Å². The Morgan fingerprint density at radius 1 is 0.783 bits per heavy atom. The number of hydrogen-bond acceptors (Lipinski definition) is 5. The zero-order chi connectivity index (χ0) is 33.2. The predicted molar refractivity (Wildman–Crippen MR) is 176 cm³/mol. The molecule has 5 nitrogen and oxygen atoms in total. The molecule has 0 aliphatic rings. The van der Waals surface area contributed by atoms with Crippen LogP contribution in [0.15, 0.2) is 85.5 Å². The minimum atomic E-state index is -4.75. The molecule has 0 heterocycles. The number of carbonyl (C=O) groups excluding carboxylic acids is 2. The maximum absolute atomic E-state index is 13.5. The molecule has 0 fully saturated rings. The number of halogens is 3. The van der Waals surface area contributed by atoms with Crippen molar-refractivity contribution >= 4 is 12.1 Å². The fourth-order valence-electron chi connectivity index (χ4n) is 5.12. The van der Waals surface area contributed by atoms with Crippen molar-refractivity contribution in [2.24, 2.45) is 0 Å². The van der Waals surface area contributed by atoms with Gasteiger partial charge in [-0.1, -0.05) is 106 Å². The molecule has 0 saturated carbocycles. The van der Waals surface area contributed by atoms with Gasteiger partial charge in [0.25, 0.3) is 0 Å². The van der Waals surface area contributed by atoms with Crippen molar-refractivity contribution in [1.82, 2.24) is 0 Å². The first-order chi connectivity index (χ1) is 22.2. The lowest BCUT2D eigenvalue weighted by molar-refractivity contribution is -0.209. The molecule has 46 heavy (non-hydrogen) atoms. The summed E-state index contributed by atoms with van der Waals surface area (Å²) in [6.07, 6.45) is 2.86. The largest absolute Gasteiger partial charge is 0.517 e. The second kappa shape index (κ2) is 19.4. The lowest BCUT2D eigenvalue weighted by atomic mass is 9.94. The van der Waals surface area contributed by atoms with Gasteiger partial charge in [-0.15, -0.1) is 6.58 Å². The minimum Gasteiger partial charge on any atom is -0.494 e. The molecule has 0 radical (unpaired) electrons. The van der Waals surface area contributed by atoms with E-state index < -0.39 is 24.4 Å². The Morgan fingerprint density at radius 3 is 2.13 bits per heavy atom. The van der Waals surface area contributed by atoms with Gasteiger partial charge in [0.05, 0.1) is 12.2 Å². The Labute approximate surface area is 270 Å². The molecule has 0 aliphatic heterocycles. The zero-order valence-corrected chi connectivity index (χ0v) is 26.7. The Bertz CT molecular complexity index is 1350. The van der Waals surface area contributed by atoms with Crippen LogP contribution in [0.4, 0.5) is 18.0 Å². The fraction of sp³-hybridized carbons (Fsp3) is 0.421. The smallest absolute Gasteiger partial charge is 0.494 e. The molecule has 1 unspecified atom stereocenters. The lowest BCUT2D eigenvalue weighted by Gasteiger charge is -2.20. The molecule has 0 aliphatic carbocycles. The van der Waals surface area contributed by atoms with Gasteiger partial charge in [-0.2, -0.15) is 13.2 Å². The highest BCUT2D eigenvalue weighted by Crippen LogP contribution is 2.35. The first-order valence-electron chi connectivity index (χ1n) is 16.3. The van der Waals surface area contributed by atoms with E-state index in [1.807, 2.05) is 54.6 Å². The SMILES string of the molecule is C=CCCCCCCOc1ccc(-c2ccc(C(=O)OC(=O)OC(CCCCCCCC)C(F)(F)F)cc2)c(-c2ccccc2)c1. The van der Waals surface area contributed by atoms with Crippen molar-refractivity contribution in [3.8, 4) is 28.0 Å². The number of hydrogen-bond donors (Lipinski definition) is 0. The summed E-state index contributed by atoms with van der Waals surface area (Å²) in [6, 6.07) is 22.0. The van der Waals surface area contributed by atoms with Crippen molar-refractivity contribution in [3.63, 3.8) is 0 Å². The second-order valence-corrected chi connectivity index (χ2v) is 11.3. The lowest BCUT2D eigenvalue weighted by Crippen LogP contribution is -2.34. The average Bonchev–Trinajstić information content (AvgIpc) is 3.05. The standard InChI is InChI=1S/C38H45F3O5/c1-3-5-7-9-11-16-20-35(38(39,40)41)45-37(43)46-36(42)31-23-21-30(22-24-31)33-26-25-32(44-27-17-12-10-8-6-4-2)28-34(33)29-18-14-13-15-19-29/h4,13-15,18-19,21-26,28,35H,2-3,5-12,16-17,20,27H2,1H3. The Morgan fingerprint density at radius 2 is 1.43 bits per heavy atom. The number of ether oxygens (including phenoxy) is 3. The van der Waals surface area contributed by atoms with Crippen molar-refractivity contribution < 1.29 is 37.0 Å². The minimum absolute atomic E-state index is 0.00878. The van der Waals surface area contributed by atoms with E-state index in [0.29, 0.717) is 13.0 Å². The number of alkyl halides is 3. The van der Waals surface area contributed by atoms with E-state index in [2.05, 4.69) is 23.0 Å². The number of esters is 1. The molecule has 0 saturated heterocycles. The van der Waals surface area contributed by atoms with Gasteiger partial charge in [-0.05, 0) is 78.6 Å². The van der Waals surface area contributed by atoms with Gasteiger partial charge in [0.2, 0.25) is 6.10 Å². The van der Waals surface area contributed by atoms with E-state index in [1.54, 1.807) is 12.1 Å². The molecular weight excluding hydrogens is 593 g/mol. The Balaban J connectivity index is 1.64. The van der Waals surface area contributed by atoms with Gasteiger partial charge in [-0.3, -0.25) is 0 Å². The molecule has 0 spiro atoms. The third-order valence-electron chi connectivity index (χ3n) is 7.68. The molecule has 0 aromatic heterocycles. The van der Waals surface area contributed by atoms with E-state index in [0.717, 1.165) is 85.8 Å². The van der Waals surface area contributed by atoms with Crippen LogP contribution in [0.25, 0.3) is 22.3 Å².